The molecule has 1 heterocycles. The Labute approximate surface area is 231 Å². The van der Waals surface area contributed by atoms with Crippen molar-refractivity contribution in [1.82, 2.24) is 9.71 Å². The zero-order chi connectivity index (χ0) is 29.1. The van der Waals surface area contributed by atoms with E-state index >= 15 is 0 Å². The SMILES string of the molecule is CC(C)(C)OC(=O)COc1cccc2c1CCCCC2NS(=O)(=O)c1ccc(-c2cccc(C(F)(F)F)c2)cn1. The zero-order valence-electron chi connectivity index (χ0n) is 22.4. The van der Waals surface area contributed by atoms with Gasteiger partial charge in [0.2, 0.25) is 0 Å². The van der Waals surface area contributed by atoms with Crippen LogP contribution < -0.4 is 9.46 Å². The molecule has 1 unspecified atom stereocenters. The lowest BCUT2D eigenvalue weighted by molar-refractivity contribution is -0.157. The molecule has 1 atom stereocenters. The van der Waals surface area contributed by atoms with Crippen LogP contribution in [0.4, 0.5) is 13.2 Å². The maximum absolute atomic E-state index is 13.3. The van der Waals surface area contributed by atoms with Crippen molar-refractivity contribution in [2.45, 2.75) is 69.3 Å². The molecule has 0 saturated heterocycles. The summed E-state index contributed by atoms with van der Waals surface area (Å²) in [7, 11) is -4.06. The highest BCUT2D eigenvalue weighted by Gasteiger charge is 2.31. The molecule has 11 heteroatoms. The second-order valence-corrected chi connectivity index (χ2v) is 12.2. The number of sulfonamides is 1. The van der Waals surface area contributed by atoms with Crippen LogP contribution >= 0.6 is 0 Å². The topological polar surface area (TPSA) is 94.6 Å². The fraction of sp³-hybridized carbons (Fsp3) is 0.379. The number of carbonyl (C=O) groups excluding carboxylic acids is 1. The first-order valence-corrected chi connectivity index (χ1v) is 14.3. The van der Waals surface area contributed by atoms with Crippen LogP contribution in [0.2, 0.25) is 0 Å². The second-order valence-electron chi connectivity index (χ2n) is 10.6. The van der Waals surface area contributed by atoms with E-state index < -0.39 is 39.4 Å². The number of pyridine rings is 1. The molecule has 1 aromatic heterocycles. The van der Waals surface area contributed by atoms with Gasteiger partial charge in [-0.05, 0) is 87.1 Å². The molecule has 0 amide bonds. The first-order chi connectivity index (χ1) is 18.7. The average Bonchev–Trinajstić information content (AvgIpc) is 3.08. The number of nitrogens with one attached hydrogen (secondary N) is 1. The molecule has 2 aromatic carbocycles. The van der Waals surface area contributed by atoms with Crippen molar-refractivity contribution in [2.24, 2.45) is 0 Å². The Morgan fingerprint density at radius 3 is 2.45 bits per heavy atom. The fourth-order valence-corrected chi connectivity index (χ4v) is 5.76. The Hall–Kier alpha value is -3.44. The van der Waals surface area contributed by atoms with E-state index in [0.717, 1.165) is 36.1 Å². The molecule has 0 fully saturated rings. The van der Waals surface area contributed by atoms with Gasteiger partial charge in [0, 0.05) is 17.8 Å². The molecule has 0 aliphatic heterocycles. The summed E-state index contributed by atoms with van der Waals surface area (Å²) in [6.07, 6.45) is -0.483. The second kappa shape index (κ2) is 11.6. The summed E-state index contributed by atoms with van der Waals surface area (Å²) < 4.78 is 79.6. The number of esters is 1. The van der Waals surface area contributed by atoms with E-state index in [-0.39, 0.29) is 17.2 Å². The zero-order valence-corrected chi connectivity index (χ0v) is 23.2. The first-order valence-electron chi connectivity index (χ1n) is 12.9. The van der Waals surface area contributed by atoms with E-state index in [1.54, 1.807) is 32.9 Å². The summed E-state index contributed by atoms with van der Waals surface area (Å²) in [6, 6.07) is 12.2. The van der Waals surface area contributed by atoms with Gasteiger partial charge in [-0.1, -0.05) is 30.7 Å². The number of benzene rings is 2. The van der Waals surface area contributed by atoms with E-state index in [9.17, 15) is 26.4 Å². The molecule has 3 aromatic rings. The molecule has 0 radical (unpaired) electrons. The van der Waals surface area contributed by atoms with Crippen LogP contribution in [0.15, 0.2) is 65.8 Å². The Morgan fingerprint density at radius 2 is 1.77 bits per heavy atom. The van der Waals surface area contributed by atoms with Crippen molar-refractivity contribution in [2.75, 3.05) is 6.61 Å². The summed E-state index contributed by atoms with van der Waals surface area (Å²) in [5.74, 6) is -0.00588. The minimum Gasteiger partial charge on any atom is -0.482 e. The van der Waals surface area contributed by atoms with Crippen molar-refractivity contribution in [3.05, 3.63) is 77.5 Å². The number of hydrogen-bond acceptors (Lipinski definition) is 6. The van der Waals surface area contributed by atoms with Crippen LogP contribution in [0.25, 0.3) is 11.1 Å². The Kier molecular flexibility index (Phi) is 8.55. The molecular formula is C29H31F3N2O5S. The molecule has 4 rings (SSSR count). The Morgan fingerprint density at radius 1 is 1.02 bits per heavy atom. The number of carbonyl (C=O) groups is 1. The van der Waals surface area contributed by atoms with Crippen molar-refractivity contribution in [3.8, 4) is 16.9 Å². The molecule has 1 N–H and O–H groups in total. The minimum absolute atomic E-state index is 0.244. The third-order valence-electron chi connectivity index (χ3n) is 6.31. The predicted octanol–water partition coefficient (Wildman–Crippen LogP) is 6.23. The number of rotatable bonds is 7. The number of nitrogens with zero attached hydrogens (tertiary/aromatic N) is 1. The predicted molar refractivity (Wildman–Crippen MR) is 143 cm³/mol. The van der Waals surface area contributed by atoms with Crippen LogP contribution in [-0.4, -0.2) is 31.6 Å². The van der Waals surface area contributed by atoms with Crippen molar-refractivity contribution in [3.63, 3.8) is 0 Å². The van der Waals surface area contributed by atoms with E-state index in [4.69, 9.17) is 9.47 Å². The van der Waals surface area contributed by atoms with Gasteiger partial charge in [-0.15, -0.1) is 0 Å². The Balaban J connectivity index is 1.53. The monoisotopic (exact) mass is 576 g/mol. The van der Waals surface area contributed by atoms with Crippen molar-refractivity contribution < 1.29 is 35.9 Å². The smallest absolute Gasteiger partial charge is 0.416 e. The quantitative estimate of drug-likeness (QED) is 0.265. The maximum atomic E-state index is 13.3. The lowest BCUT2D eigenvalue weighted by atomic mass is 9.99. The lowest BCUT2D eigenvalue weighted by Gasteiger charge is -2.22. The van der Waals surface area contributed by atoms with Crippen LogP contribution in [0.5, 0.6) is 5.75 Å². The highest BCUT2D eigenvalue weighted by Crippen LogP contribution is 2.36. The van der Waals surface area contributed by atoms with E-state index in [1.165, 1.54) is 30.5 Å². The van der Waals surface area contributed by atoms with Gasteiger partial charge < -0.3 is 9.47 Å². The maximum Gasteiger partial charge on any atom is 0.416 e. The van der Waals surface area contributed by atoms with Gasteiger partial charge in [0.05, 0.1) is 5.56 Å². The molecule has 0 saturated carbocycles. The van der Waals surface area contributed by atoms with Crippen LogP contribution in [-0.2, 0) is 32.2 Å². The number of fused-ring (bicyclic) bond motifs is 1. The Bertz CT molecular complexity index is 1470. The number of ether oxygens (including phenoxy) is 2. The number of aromatic nitrogens is 1. The van der Waals surface area contributed by atoms with Gasteiger partial charge in [-0.2, -0.15) is 13.2 Å². The van der Waals surface area contributed by atoms with E-state index in [0.29, 0.717) is 24.2 Å². The molecule has 40 heavy (non-hydrogen) atoms. The van der Waals surface area contributed by atoms with E-state index in [1.807, 2.05) is 6.07 Å². The average molecular weight is 577 g/mol. The van der Waals surface area contributed by atoms with E-state index in [2.05, 4.69) is 9.71 Å². The van der Waals surface area contributed by atoms with Gasteiger partial charge in [0.25, 0.3) is 10.0 Å². The number of alkyl halides is 3. The van der Waals surface area contributed by atoms with Crippen LogP contribution in [0.3, 0.4) is 0 Å². The number of halogens is 3. The standard InChI is InChI=1S/C29H31F3N2O5S/c1-28(2,3)39-27(35)18-38-25-13-7-11-22-23(25)10-4-5-12-24(22)34-40(36,37)26-15-14-20(17-33-26)19-8-6-9-21(16-19)29(30,31)32/h6-9,11,13-17,24,34H,4-5,10,12,18H2,1-3H3. The molecule has 1 aliphatic rings. The van der Waals surface area contributed by atoms with Gasteiger partial charge in [-0.25, -0.2) is 22.9 Å². The molecule has 0 bridgehead atoms. The molecule has 214 valence electrons. The minimum atomic E-state index is -4.49. The van der Waals surface area contributed by atoms with Gasteiger partial charge in [0.15, 0.2) is 11.6 Å². The van der Waals surface area contributed by atoms with Gasteiger partial charge >= 0.3 is 12.1 Å². The molecule has 1 aliphatic carbocycles. The number of hydrogen-bond donors (Lipinski definition) is 1. The van der Waals surface area contributed by atoms with Crippen molar-refractivity contribution >= 4 is 16.0 Å². The van der Waals surface area contributed by atoms with Gasteiger partial charge in [-0.3, -0.25) is 0 Å². The van der Waals surface area contributed by atoms with Gasteiger partial charge in [0.1, 0.15) is 11.4 Å². The highest BCUT2D eigenvalue weighted by atomic mass is 32.2. The summed E-state index contributed by atoms with van der Waals surface area (Å²) in [4.78, 5) is 16.2. The lowest BCUT2D eigenvalue weighted by Crippen LogP contribution is -2.30. The highest BCUT2D eigenvalue weighted by molar-refractivity contribution is 7.89. The summed E-state index contributed by atoms with van der Waals surface area (Å²) in [6.45, 7) is 5.03. The van der Waals surface area contributed by atoms with Crippen molar-refractivity contribution in [1.29, 1.82) is 0 Å². The fourth-order valence-electron chi connectivity index (χ4n) is 4.58. The summed E-state index contributed by atoms with van der Waals surface area (Å²) >= 11 is 0. The van der Waals surface area contributed by atoms with Crippen LogP contribution in [0, 0.1) is 0 Å². The molecular weight excluding hydrogens is 545 g/mol. The summed E-state index contributed by atoms with van der Waals surface area (Å²) in [5.41, 5.74) is 0.765. The third-order valence-corrected chi connectivity index (χ3v) is 7.70. The van der Waals surface area contributed by atoms with Crippen LogP contribution in [0.1, 0.15) is 62.8 Å². The third kappa shape index (κ3) is 7.39. The first kappa shape index (κ1) is 29.5. The largest absolute Gasteiger partial charge is 0.482 e. The normalized spacial score (nSPS) is 16.1. The molecule has 7 nitrogen and oxygen atoms in total. The molecule has 0 spiro atoms. The summed E-state index contributed by atoms with van der Waals surface area (Å²) in [5, 5.41) is -0.244.